The van der Waals surface area contributed by atoms with Gasteiger partial charge in [0.2, 0.25) is 5.91 Å². The van der Waals surface area contributed by atoms with Gasteiger partial charge in [-0.15, -0.1) is 0 Å². The van der Waals surface area contributed by atoms with Gasteiger partial charge >= 0.3 is 0 Å². The number of rotatable bonds is 5. The highest BCUT2D eigenvalue weighted by molar-refractivity contribution is 7.99. The summed E-state index contributed by atoms with van der Waals surface area (Å²) in [7, 11) is 1.92. The van der Waals surface area contributed by atoms with Crippen LogP contribution in [0.2, 0.25) is 0 Å². The molecular formula is C14H17N3OS. The molecule has 100 valence electrons. The first-order valence-electron chi connectivity index (χ1n) is 6.11. The summed E-state index contributed by atoms with van der Waals surface area (Å²) in [5, 5.41) is 3.83. The van der Waals surface area contributed by atoms with E-state index in [1.54, 1.807) is 6.20 Å². The Morgan fingerprint density at radius 1 is 1.42 bits per heavy atom. The number of hydrogen-bond acceptors (Lipinski definition) is 3. The topological polar surface area (TPSA) is 46.9 Å². The van der Waals surface area contributed by atoms with Crippen molar-refractivity contribution in [1.82, 2.24) is 14.9 Å². The fourth-order valence-corrected chi connectivity index (χ4v) is 2.47. The van der Waals surface area contributed by atoms with Gasteiger partial charge in [0.15, 0.2) is 5.16 Å². The van der Waals surface area contributed by atoms with E-state index in [-0.39, 0.29) is 11.9 Å². The fourth-order valence-electron chi connectivity index (χ4n) is 1.73. The van der Waals surface area contributed by atoms with E-state index in [2.05, 4.69) is 10.3 Å². The van der Waals surface area contributed by atoms with Crippen molar-refractivity contribution in [3.8, 4) is 0 Å². The highest BCUT2D eigenvalue weighted by atomic mass is 32.2. The number of nitrogens with zero attached hydrogens (tertiary/aromatic N) is 2. The molecule has 1 atom stereocenters. The first kappa shape index (κ1) is 13.7. The zero-order valence-electron chi connectivity index (χ0n) is 11.0. The molecule has 4 nitrogen and oxygen atoms in total. The fraction of sp³-hybridized carbons (Fsp3) is 0.286. The van der Waals surface area contributed by atoms with Gasteiger partial charge in [-0.2, -0.15) is 0 Å². The summed E-state index contributed by atoms with van der Waals surface area (Å²) >= 11 is 1.44. The summed E-state index contributed by atoms with van der Waals surface area (Å²) in [6.45, 7) is 1.98. The standard InChI is InChI=1S/C14H17N3OS/c1-11(12-6-4-3-5-7-12)16-13(18)10-19-14-15-8-9-17(14)2/h3-9,11H,10H2,1-2H3,(H,16,18)/t11-/m0/s1. The smallest absolute Gasteiger partial charge is 0.230 e. The minimum Gasteiger partial charge on any atom is -0.349 e. The van der Waals surface area contributed by atoms with Crippen molar-refractivity contribution in [2.45, 2.75) is 18.1 Å². The lowest BCUT2D eigenvalue weighted by Gasteiger charge is -2.13. The van der Waals surface area contributed by atoms with Crippen LogP contribution in [0.15, 0.2) is 47.9 Å². The quantitative estimate of drug-likeness (QED) is 0.852. The number of carbonyl (C=O) groups excluding carboxylic acids is 1. The molecule has 2 rings (SSSR count). The SMILES string of the molecule is C[C@H](NC(=O)CSc1nccn1C)c1ccccc1. The molecule has 0 aliphatic rings. The number of aryl methyl sites for hydroxylation is 1. The van der Waals surface area contributed by atoms with Crippen molar-refractivity contribution in [2.24, 2.45) is 7.05 Å². The molecule has 0 spiro atoms. The number of amides is 1. The summed E-state index contributed by atoms with van der Waals surface area (Å²) in [5.74, 6) is 0.395. The maximum atomic E-state index is 11.9. The highest BCUT2D eigenvalue weighted by Gasteiger charge is 2.10. The number of thioether (sulfide) groups is 1. The Balaban J connectivity index is 1.83. The molecule has 0 radical (unpaired) electrons. The summed E-state index contributed by atoms with van der Waals surface area (Å²) in [4.78, 5) is 16.0. The summed E-state index contributed by atoms with van der Waals surface area (Å²) < 4.78 is 1.90. The molecular weight excluding hydrogens is 258 g/mol. The van der Waals surface area contributed by atoms with Crippen molar-refractivity contribution in [3.05, 3.63) is 48.3 Å². The lowest BCUT2D eigenvalue weighted by Crippen LogP contribution is -2.28. The van der Waals surface area contributed by atoms with Crippen LogP contribution in [0.1, 0.15) is 18.5 Å². The largest absolute Gasteiger partial charge is 0.349 e. The predicted molar refractivity (Wildman–Crippen MR) is 76.9 cm³/mol. The van der Waals surface area contributed by atoms with E-state index in [1.807, 2.05) is 55.1 Å². The monoisotopic (exact) mass is 275 g/mol. The Morgan fingerprint density at radius 2 is 2.16 bits per heavy atom. The van der Waals surface area contributed by atoms with Crippen molar-refractivity contribution in [2.75, 3.05) is 5.75 Å². The van der Waals surface area contributed by atoms with E-state index in [1.165, 1.54) is 11.8 Å². The minimum atomic E-state index is 0.0179. The van der Waals surface area contributed by atoms with Crippen LogP contribution >= 0.6 is 11.8 Å². The third kappa shape index (κ3) is 3.86. The van der Waals surface area contributed by atoms with Crippen LogP contribution in [-0.4, -0.2) is 21.2 Å². The average molecular weight is 275 g/mol. The lowest BCUT2D eigenvalue weighted by molar-refractivity contribution is -0.119. The zero-order chi connectivity index (χ0) is 13.7. The molecule has 0 aliphatic heterocycles. The van der Waals surface area contributed by atoms with Crippen molar-refractivity contribution in [1.29, 1.82) is 0 Å². The maximum Gasteiger partial charge on any atom is 0.230 e. The van der Waals surface area contributed by atoms with Crippen LogP contribution in [0.25, 0.3) is 0 Å². The second-order valence-corrected chi connectivity index (χ2v) is 5.25. The first-order valence-corrected chi connectivity index (χ1v) is 7.10. The van der Waals surface area contributed by atoms with Gasteiger partial charge in [0.05, 0.1) is 11.8 Å². The molecule has 0 fully saturated rings. The summed E-state index contributed by atoms with van der Waals surface area (Å²) in [6, 6.07) is 9.96. The van der Waals surface area contributed by atoms with Gasteiger partial charge in [-0.3, -0.25) is 4.79 Å². The molecule has 0 aliphatic carbocycles. The maximum absolute atomic E-state index is 11.9. The normalized spacial score (nSPS) is 12.1. The van der Waals surface area contributed by atoms with Crippen molar-refractivity contribution >= 4 is 17.7 Å². The Labute approximate surface area is 117 Å². The van der Waals surface area contributed by atoms with E-state index < -0.39 is 0 Å². The van der Waals surface area contributed by atoms with E-state index >= 15 is 0 Å². The average Bonchev–Trinajstić information content (AvgIpc) is 2.83. The van der Waals surface area contributed by atoms with E-state index in [0.29, 0.717) is 5.75 Å². The van der Waals surface area contributed by atoms with Crippen LogP contribution < -0.4 is 5.32 Å². The Hall–Kier alpha value is -1.75. The predicted octanol–water partition coefficient (Wildman–Crippen LogP) is 2.39. The second kappa shape index (κ2) is 6.43. The molecule has 1 aromatic heterocycles. The number of imidazole rings is 1. The first-order chi connectivity index (χ1) is 9.16. The molecule has 5 heteroatoms. The minimum absolute atomic E-state index is 0.0179. The molecule has 0 bridgehead atoms. The number of benzene rings is 1. The van der Waals surface area contributed by atoms with Gasteiger partial charge in [-0.1, -0.05) is 42.1 Å². The highest BCUT2D eigenvalue weighted by Crippen LogP contribution is 2.15. The van der Waals surface area contributed by atoms with Gasteiger partial charge in [0, 0.05) is 19.4 Å². The molecule has 2 aromatic rings. The third-order valence-electron chi connectivity index (χ3n) is 2.79. The molecule has 0 unspecified atom stereocenters. The van der Waals surface area contributed by atoms with Crippen LogP contribution in [0, 0.1) is 0 Å². The van der Waals surface area contributed by atoms with Crippen LogP contribution in [-0.2, 0) is 11.8 Å². The van der Waals surface area contributed by atoms with Crippen LogP contribution in [0.4, 0.5) is 0 Å². The van der Waals surface area contributed by atoms with E-state index in [9.17, 15) is 4.79 Å². The number of aromatic nitrogens is 2. The molecule has 1 heterocycles. The molecule has 1 amide bonds. The molecule has 0 saturated carbocycles. The lowest BCUT2D eigenvalue weighted by atomic mass is 10.1. The van der Waals surface area contributed by atoms with Crippen LogP contribution in [0.5, 0.6) is 0 Å². The number of hydrogen-bond donors (Lipinski definition) is 1. The van der Waals surface area contributed by atoms with Crippen LogP contribution in [0.3, 0.4) is 0 Å². The van der Waals surface area contributed by atoms with Gasteiger partial charge in [-0.25, -0.2) is 4.98 Å². The Morgan fingerprint density at radius 3 is 2.79 bits per heavy atom. The Bertz CT molecular complexity index is 539. The molecule has 1 aromatic carbocycles. The second-order valence-electron chi connectivity index (χ2n) is 4.31. The van der Waals surface area contributed by atoms with Gasteiger partial charge < -0.3 is 9.88 Å². The van der Waals surface area contributed by atoms with Gasteiger partial charge in [0.1, 0.15) is 0 Å². The number of carbonyl (C=O) groups is 1. The molecule has 1 N–H and O–H groups in total. The van der Waals surface area contributed by atoms with Gasteiger partial charge in [0.25, 0.3) is 0 Å². The summed E-state index contributed by atoms with van der Waals surface area (Å²) in [6.07, 6.45) is 3.60. The van der Waals surface area contributed by atoms with Gasteiger partial charge in [-0.05, 0) is 12.5 Å². The summed E-state index contributed by atoms with van der Waals surface area (Å²) in [5.41, 5.74) is 1.11. The van der Waals surface area contributed by atoms with Crippen molar-refractivity contribution in [3.63, 3.8) is 0 Å². The zero-order valence-corrected chi connectivity index (χ0v) is 11.9. The third-order valence-corrected chi connectivity index (χ3v) is 3.84. The number of nitrogens with one attached hydrogen (secondary N) is 1. The van der Waals surface area contributed by atoms with E-state index in [4.69, 9.17) is 0 Å². The Kier molecular flexibility index (Phi) is 4.63. The van der Waals surface area contributed by atoms with Crippen molar-refractivity contribution < 1.29 is 4.79 Å². The molecule has 19 heavy (non-hydrogen) atoms. The van der Waals surface area contributed by atoms with E-state index in [0.717, 1.165) is 10.7 Å². The molecule has 0 saturated heterocycles.